The minimum absolute atomic E-state index is 0.144. The van der Waals surface area contributed by atoms with Crippen molar-refractivity contribution >= 4 is 17.6 Å². The summed E-state index contributed by atoms with van der Waals surface area (Å²) in [6.07, 6.45) is 0.895. The molecule has 1 rings (SSSR count). The number of amidine groups is 1. The lowest BCUT2D eigenvalue weighted by Gasteiger charge is -2.08. The molecule has 0 radical (unpaired) electrons. The molecular formula is C12H17FN2OS. The van der Waals surface area contributed by atoms with E-state index in [1.807, 2.05) is 11.8 Å². The van der Waals surface area contributed by atoms with Crippen molar-refractivity contribution in [3.8, 4) is 5.75 Å². The minimum Gasteiger partial charge on any atom is -0.490 e. The van der Waals surface area contributed by atoms with Gasteiger partial charge in [0.05, 0.1) is 6.61 Å². The van der Waals surface area contributed by atoms with Crippen molar-refractivity contribution in [3.63, 3.8) is 0 Å². The third-order valence-electron chi connectivity index (χ3n) is 2.14. The van der Waals surface area contributed by atoms with Gasteiger partial charge < -0.3 is 10.5 Å². The van der Waals surface area contributed by atoms with Crippen LogP contribution in [0.3, 0.4) is 0 Å². The number of halogens is 1. The molecule has 0 saturated carbocycles. The molecule has 94 valence electrons. The van der Waals surface area contributed by atoms with Crippen LogP contribution in [0.5, 0.6) is 5.75 Å². The standard InChI is InChI=1S/C12H17FN2OS/c1-2-17-7-3-6-16-11-5-4-9(12(14)15)8-10(11)13/h4-5,8H,2-3,6-7H2,1H3,(H3,14,15). The van der Waals surface area contributed by atoms with Gasteiger partial charge in [-0.1, -0.05) is 6.92 Å². The zero-order chi connectivity index (χ0) is 12.7. The summed E-state index contributed by atoms with van der Waals surface area (Å²) < 4.78 is 18.8. The summed E-state index contributed by atoms with van der Waals surface area (Å²) in [7, 11) is 0. The van der Waals surface area contributed by atoms with E-state index in [4.69, 9.17) is 15.9 Å². The Morgan fingerprint density at radius 2 is 2.29 bits per heavy atom. The van der Waals surface area contributed by atoms with Crippen LogP contribution >= 0.6 is 11.8 Å². The topological polar surface area (TPSA) is 59.1 Å². The van der Waals surface area contributed by atoms with E-state index in [0.717, 1.165) is 17.9 Å². The normalized spacial score (nSPS) is 10.2. The van der Waals surface area contributed by atoms with Gasteiger partial charge in [-0.05, 0) is 36.1 Å². The highest BCUT2D eigenvalue weighted by atomic mass is 32.2. The summed E-state index contributed by atoms with van der Waals surface area (Å²) in [5.41, 5.74) is 5.63. The van der Waals surface area contributed by atoms with Crippen LogP contribution in [0.4, 0.5) is 4.39 Å². The quantitative estimate of drug-likeness (QED) is 0.448. The van der Waals surface area contributed by atoms with Crippen LogP contribution in [0.1, 0.15) is 18.9 Å². The molecule has 1 aromatic rings. The highest BCUT2D eigenvalue weighted by Crippen LogP contribution is 2.18. The fourth-order valence-electron chi connectivity index (χ4n) is 1.27. The van der Waals surface area contributed by atoms with Crippen molar-refractivity contribution in [2.24, 2.45) is 5.73 Å². The van der Waals surface area contributed by atoms with Gasteiger partial charge >= 0.3 is 0 Å². The molecule has 0 heterocycles. The predicted octanol–water partition coefficient (Wildman–Crippen LogP) is 2.63. The molecule has 3 N–H and O–H groups in total. The molecule has 0 fully saturated rings. The monoisotopic (exact) mass is 256 g/mol. The molecule has 0 aliphatic heterocycles. The number of thioether (sulfide) groups is 1. The van der Waals surface area contributed by atoms with Gasteiger partial charge in [-0.15, -0.1) is 0 Å². The Balaban J connectivity index is 2.46. The lowest BCUT2D eigenvalue weighted by Crippen LogP contribution is -2.11. The maximum Gasteiger partial charge on any atom is 0.165 e. The summed E-state index contributed by atoms with van der Waals surface area (Å²) in [5, 5.41) is 7.18. The Morgan fingerprint density at radius 1 is 1.53 bits per heavy atom. The fourth-order valence-corrected chi connectivity index (χ4v) is 1.88. The second kappa shape index (κ2) is 7.17. The Morgan fingerprint density at radius 3 is 2.88 bits per heavy atom. The lowest BCUT2D eigenvalue weighted by molar-refractivity contribution is 0.302. The first kappa shape index (κ1) is 13.8. The van der Waals surface area contributed by atoms with Gasteiger partial charge in [0.15, 0.2) is 11.6 Å². The summed E-state index contributed by atoms with van der Waals surface area (Å²) in [4.78, 5) is 0. The van der Waals surface area contributed by atoms with Crippen LogP contribution in [0.2, 0.25) is 0 Å². The molecule has 0 spiro atoms. The molecule has 5 heteroatoms. The number of rotatable bonds is 7. The van der Waals surface area contributed by atoms with Gasteiger partial charge in [-0.2, -0.15) is 11.8 Å². The lowest BCUT2D eigenvalue weighted by atomic mass is 10.2. The van der Waals surface area contributed by atoms with E-state index in [-0.39, 0.29) is 11.6 Å². The van der Waals surface area contributed by atoms with Gasteiger partial charge in [0.1, 0.15) is 5.84 Å². The number of benzene rings is 1. The summed E-state index contributed by atoms with van der Waals surface area (Å²) in [6.45, 7) is 2.61. The minimum atomic E-state index is -0.471. The molecule has 0 aliphatic rings. The Labute approximate surface area is 105 Å². The van der Waals surface area contributed by atoms with Gasteiger partial charge in [0.25, 0.3) is 0 Å². The smallest absolute Gasteiger partial charge is 0.165 e. The fraction of sp³-hybridized carbons (Fsp3) is 0.417. The van der Waals surface area contributed by atoms with Crippen molar-refractivity contribution in [2.45, 2.75) is 13.3 Å². The second-order valence-electron chi connectivity index (χ2n) is 3.46. The zero-order valence-electron chi connectivity index (χ0n) is 9.83. The van der Waals surface area contributed by atoms with Gasteiger partial charge in [-0.3, -0.25) is 5.41 Å². The van der Waals surface area contributed by atoms with E-state index >= 15 is 0 Å². The van der Waals surface area contributed by atoms with Gasteiger partial charge in [-0.25, -0.2) is 4.39 Å². The molecule has 17 heavy (non-hydrogen) atoms. The first-order valence-electron chi connectivity index (χ1n) is 5.49. The number of nitrogens with one attached hydrogen (secondary N) is 1. The molecule has 0 saturated heterocycles. The molecule has 0 unspecified atom stereocenters. The predicted molar refractivity (Wildman–Crippen MR) is 70.5 cm³/mol. The Kier molecular flexibility index (Phi) is 5.83. The first-order chi connectivity index (χ1) is 8.15. The van der Waals surface area contributed by atoms with Crippen LogP contribution in [0.15, 0.2) is 18.2 Å². The maximum absolute atomic E-state index is 13.5. The molecular weight excluding hydrogens is 239 g/mol. The van der Waals surface area contributed by atoms with Crippen LogP contribution in [0, 0.1) is 11.2 Å². The maximum atomic E-state index is 13.5. The Hall–Kier alpha value is -1.23. The third-order valence-corrected chi connectivity index (χ3v) is 3.12. The largest absolute Gasteiger partial charge is 0.490 e. The summed E-state index contributed by atoms with van der Waals surface area (Å²) >= 11 is 1.84. The SMILES string of the molecule is CCSCCCOc1ccc(C(=N)N)cc1F. The number of nitrogens with two attached hydrogens (primary N) is 1. The first-order valence-corrected chi connectivity index (χ1v) is 6.65. The van der Waals surface area contributed by atoms with E-state index in [0.29, 0.717) is 12.2 Å². The molecule has 0 atom stereocenters. The number of nitrogen functional groups attached to an aromatic ring is 1. The van der Waals surface area contributed by atoms with E-state index in [1.54, 1.807) is 6.07 Å². The molecule has 3 nitrogen and oxygen atoms in total. The van der Waals surface area contributed by atoms with E-state index in [1.165, 1.54) is 12.1 Å². The van der Waals surface area contributed by atoms with E-state index < -0.39 is 5.82 Å². The molecule has 1 aromatic carbocycles. The molecule has 0 amide bonds. The molecule has 0 bridgehead atoms. The van der Waals surface area contributed by atoms with Crippen molar-refractivity contribution < 1.29 is 9.13 Å². The summed E-state index contributed by atoms with van der Waals surface area (Å²) in [5.74, 6) is 1.71. The van der Waals surface area contributed by atoms with Crippen LogP contribution in [0.25, 0.3) is 0 Å². The van der Waals surface area contributed by atoms with Crippen LogP contribution in [-0.4, -0.2) is 23.9 Å². The number of hydrogen-bond donors (Lipinski definition) is 2. The van der Waals surface area contributed by atoms with Crippen molar-refractivity contribution in [1.82, 2.24) is 0 Å². The molecule has 0 aliphatic carbocycles. The number of ether oxygens (including phenoxy) is 1. The Bertz CT molecular complexity index is 385. The van der Waals surface area contributed by atoms with Crippen molar-refractivity contribution in [2.75, 3.05) is 18.1 Å². The zero-order valence-corrected chi connectivity index (χ0v) is 10.6. The highest BCUT2D eigenvalue weighted by Gasteiger charge is 2.06. The van der Waals surface area contributed by atoms with Gasteiger partial charge in [0, 0.05) is 5.56 Å². The van der Waals surface area contributed by atoms with Crippen LogP contribution < -0.4 is 10.5 Å². The molecule has 0 aromatic heterocycles. The van der Waals surface area contributed by atoms with Gasteiger partial charge in [0.2, 0.25) is 0 Å². The number of hydrogen-bond acceptors (Lipinski definition) is 3. The summed E-state index contributed by atoms with van der Waals surface area (Å²) in [6, 6.07) is 4.32. The average Bonchev–Trinajstić information content (AvgIpc) is 2.30. The third kappa shape index (κ3) is 4.65. The van der Waals surface area contributed by atoms with Crippen molar-refractivity contribution in [1.29, 1.82) is 5.41 Å². The highest BCUT2D eigenvalue weighted by molar-refractivity contribution is 7.99. The van der Waals surface area contributed by atoms with E-state index in [2.05, 4.69) is 6.92 Å². The van der Waals surface area contributed by atoms with Crippen LogP contribution in [-0.2, 0) is 0 Å². The average molecular weight is 256 g/mol. The van der Waals surface area contributed by atoms with Crippen molar-refractivity contribution in [3.05, 3.63) is 29.6 Å². The second-order valence-corrected chi connectivity index (χ2v) is 4.85. The van der Waals surface area contributed by atoms with E-state index in [9.17, 15) is 4.39 Å².